The smallest absolute Gasteiger partial charge is 0.133 e. The Hall–Kier alpha value is -0.160. The Balaban J connectivity index is 2.26. The summed E-state index contributed by atoms with van der Waals surface area (Å²) in [5.74, 6) is 0.809. The minimum Gasteiger partial charge on any atom is -0.251 e. The number of rotatable bonds is 2. The van der Waals surface area contributed by atoms with Crippen LogP contribution >= 0.6 is 0 Å². The molecule has 0 saturated heterocycles. The second-order valence-electron chi connectivity index (χ2n) is 5.41. The molecule has 3 rings (SSSR count). The van der Waals surface area contributed by atoms with Gasteiger partial charge in [0.25, 0.3) is 0 Å². The molecule has 3 saturated carbocycles. The zero-order valence-corrected chi connectivity index (χ0v) is 8.86. The Morgan fingerprint density at radius 1 is 1.14 bits per heavy atom. The Kier molecular flexibility index (Phi) is 2.16. The Morgan fingerprint density at radius 2 is 1.79 bits per heavy atom. The normalized spacial score (nSPS) is 49.9. The van der Waals surface area contributed by atoms with Crippen LogP contribution in [0.25, 0.3) is 0 Å². The van der Waals surface area contributed by atoms with Gasteiger partial charge in [-0.2, -0.15) is 0 Å². The van der Waals surface area contributed by atoms with Crippen molar-refractivity contribution in [1.82, 2.24) is 0 Å². The largest absolute Gasteiger partial charge is 0.251 e. The van der Waals surface area contributed by atoms with Crippen molar-refractivity contribution in [3.05, 3.63) is 0 Å². The fourth-order valence-electron chi connectivity index (χ4n) is 3.38. The molecule has 0 aromatic carbocycles. The Morgan fingerprint density at radius 3 is 2.21 bits per heavy atom. The van der Waals surface area contributed by atoms with E-state index < -0.39 is 11.7 Å². The number of hydrogen-bond acceptors (Lipinski definition) is 4. The molecule has 2 bridgehead atoms. The first-order chi connectivity index (χ1) is 6.46. The molecule has 14 heavy (non-hydrogen) atoms. The maximum absolute atomic E-state index is 8.99. The predicted octanol–water partition coefficient (Wildman–Crippen LogP) is 2.16. The summed E-state index contributed by atoms with van der Waals surface area (Å²) in [5, 5.41) is 17.8. The average molecular weight is 202 g/mol. The van der Waals surface area contributed by atoms with Crippen molar-refractivity contribution in [1.29, 1.82) is 0 Å². The van der Waals surface area contributed by atoms with E-state index in [1.165, 1.54) is 0 Å². The fourth-order valence-corrected chi connectivity index (χ4v) is 3.38. The van der Waals surface area contributed by atoms with E-state index in [0.717, 1.165) is 12.8 Å². The summed E-state index contributed by atoms with van der Waals surface area (Å²) in [4.78, 5) is 8.99. The van der Waals surface area contributed by atoms with Crippen LogP contribution in [0.4, 0.5) is 0 Å². The lowest BCUT2D eigenvalue weighted by Crippen LogP contribution is -2.67. The highest BCUT2D eigenvalue weighted by Gasteiger charge is 2.65. The molecule has 0 aromatic rings. The predicted molar refractivity (Wildman–Crippen MR) is 49.6 cm³/mol. The van der Waals surface area contributed by atoms with Gasteiger partial charge in [0.05, 0.1) is 0 Å². The molecule has 3 aliphatic rings. The van der Waals surface area contributed by atoms with Gasteiger partial charge in [-0.05, 0) is 37.0 Å². The van der Waals surface area contributed by atoms with E-state index in [2.05, 4.69) is 23.6 Å². The van der Waals surface area contributed by atoms with Crippen molar-refractivity contribution in [3.8, 4) is 0 Å². The van der Waals surface area contributed by atoms with Gasteiger partial charge in [-0.25, -0.2) is 9.78 Å². The molecule has 0 heterocycles. The highest BCUT2D eigenvalue weighted by molar-refractivity contribution is 5.13. The summed E-state index contributed by atoms with van der Waals surface area (Å²) in [5.41, 5.74) is -0.598. The van der Waals surface area contributed by atoms with E-state index in [9.17, 15) is 0 Å². The van der Waals surface area contributed by atoms with Gasteiger partial charge in [0.2, 0.25) is 0 Å². The van der Waals surface area contributed by atoms with Crippen molar-refractivity contribution >= 4 is 0 Å². The first kappa shape index (κ1) is 10.4. The van der Waals surface area contributed by atoms with Gasteiger partial charge in [-0.15, -0.1) is 0 Å². The van der Waals surface area contributed by atoms with Crippen LogP contribution in [0.3, 0.4) is 0 Å². The monoisotopic (exact) mass is 202 g/mol. The molecule has 4 nitrogen and oxygen atoms in total. The van der Waals surface area contributed by atoms with Crippen molar-refractivity contribution in [2.45, 2.75) is 45.3 Å². The quantitative estimate of drug-likeness (QED) is 0.532. The Labute approximate surface area is 83.7 Å². The second-order valence-corrected chi connectivity index (χ2v) is 5.41. The van der Waals surface area contributed by atoms with E-state index in [1.54, 1.807) is 6.92 Å². The first-order valence-corrected chi connectivity index (χ1v) is 5.09. The van der Waals surface area contributed by atoms with Crippen molar-refractivity contribution in [3.63, 3.8) is 0 Å². The molecular formula is C10H18O4. The minimum atomic E-state index is -0.771. The molecule has 82 valence electrons. The lowest BCUT2D eigenvalue weighted by atomic mass is 9.43. The highest BCUT2D eigenvalue weighted by Crippen LogP contribution is 2.63. The number of hydrogen-bond donors (Lipinski definition) is 2. The third-order valence-corrected chi connectivity index (χ3v) is 4.62. The molecule has 3 aliphatic carbocycles. The van der Waals surface area contributed by atoms with Crippen LogP contribution in [0.2, 0.25) is 0 Å². The van der Waals surface area contributed by atoms with E-state index in [0.29, 0.717) is 5.92 Å². The topological polar surface area (TPSA) is 58.9 Å². The van der Waals surface area contributed by atoms with Crippen LogP contribution in [0.15, 0.2) is 0 Å². The molecule has 3 fully saturated rings. The lowest BCUT2D eigenvalue weighted by Gasteiger charge is -2.64. The molecule has 2 N–H and O–H groups in total. The maximum Gasteiger partial charge on any atom is 0.133 e. The molecule has 4 heteroatoms. The summed E-state index contributed by atoms with van der Waals surface area (Å²) >= 11 is 0. The van der Waals surface area contributed by atoms with Crippen molar-refractivity contribution < 1.29 is 20.3 Å². The summed E-state index contributed by atoms with van der Waals surface area (Å²) in [6.07, 6.45) is 1.38. The zero-order chi connectivity index (χ0) is 10.6. The average Bonchev–Trinajstić information content (AvgIpc) is 2.17. The van der Waals surface area contributed by atoms with E-state index >= 15 is 0 Å². The third kappa shape index (κ3) is 1.03. The van der Waals surface area contributed by atoms with Gasteiger partial charge in [0.15, 0.2) is 0 Å². The van der Waals surface area contributed by atoms with Crippen LogP contribution in [0.5, 0.6) is 0 Å². The maximum atomic E-state index is 8.99. The van der Waals surface area contributed by atoms with Crippen LogP contribution in [0, 0.1) is 17.3 Å². The van der Waals surface area contributed by atoms with Gasteiger partial charge in [-0.1, -0.05) is 13.8 Å². The first-order valence-electron chi connectivity index (χ1n) is 5.09. The molecule has 0 spiro atoms. The van der Waals surface area contributed by atoms with E-state index in [-0.39, 0.29) is 11.3 Å². The van der Waals surface area contributed by atoms with E-state index in [4.69, 9.17) is 10.5 Å². The summed E-state index contributed by atoms with van der Waals surface area (Å²) in [7, 11) is 0. The Bertz CT molecular complexity index is 240. The van der Waals surface area contributed by atoms with Gasteiger partial charge in [0.1, 0.15) is 11.7 Å². The summed E-state index contributed by atoms with van der Waals surface area (Å²) < 4.78 is 0. The van der Waals surface area contributed by atoms with Gasteiger partial charge in [-0.3, -0.25) is 10.5 Å². The zero-order valence-electron chi connectivity index (χ0n) is 8.86. The van der Waals surface area contributed by atoms with Crippen LogP contribution in [-0.4, -0.2) is 22.2 Å². The standard InChI is InChI=1S/C10H18O4/c1-9(2)6-4-7(9)10(3,14-12)8(5-6)13-11/h6-8,11-12H,4-5H2,1-3H3. The summed E-state index contributed by atoms with van der Waals surface area (Å²) in [6, 6.07) is 0. The molecule has 4 atom stereocenters. The van der Waals surface area contributed by atoms with E-state index in [1.807, 2.05) is 0 Å². The van der Waals surface area contributed by atoms with Crippen LogP contribution < -0.4 is 0 Å². The highest BCUT2D eigenvalue weighted by atomic mass is 17.1. The van der Waals surface area contributed by atoms with Gasteiger partial charge in [0, 0.05) is 0 Å². The molecule has 0 aliphatic heterocycles. The number of fused-ring (bicyclic) bond motifs is 2. The molecule has 0 amide bonds. The minimum absolute atomic E-state index is 0.173. The molecule has 0 radical (unpaired) electrons. The molecule has 4 unspecified atom stereocenters. The van der Waals surface area contributed by atoms with Crippen molar-refractivity contribution in [2.24, 2.45) is 17.3 Å². The lowest BCUT2D eigenvalue weighted by molar-refractivity contribution is -0.436. The van der Waals surface area contributed by atoms with Gasteiger partial charge < -0.3 is 0 Å². The SMILES string of the molecule is CC1(C)C2CC(OO)C(C)(OO)C1C2. The van der Waals surface area contributed by atoms with Crippen LogP contribution in [-0.2, 0) is 9.78 Å². The third-order valence-electron chi connectivity index (χ3n) is 4.62. The van der Waals surface area contributed by atoms with Crippen LogP contribution in [0.1, 0.15) is 33.6 Å². The van der Waals surface area contributed by atoms with Gasteiger partial charge >= 0.3 is 0 Å². The molecular weight excluding hydrogens is 184 g/mol. The fraction of sp³-hybridized carbons (Fsp3) is 1.00. The van der Waals surface area contributed by atoms with Crippen molar-refractivity contribution in [2.75, 3.05) is 0 Å². The second kappa shape index (κ2) is 2.92. The molecule has 0 aromatic heterocycles. The summed E-state index contributed by atoms with van der Waals surface area (Å²) in [6.45, 7) is 6.16.